The molecular formula is C29H29F2N3O2. The van der Waals surface area contributed by atoms with Gasteiger partial charge in [0.25, 0.3) is 0 Å². The average Bonchev–Trinajstić information content (AvgIpc) is 3.26. The topological polar surface area (TPSA) is 45.7 Å². The van der Waals surface area contributed by atoms with Gasteiger partial charge in [0.1, 0.15) is 17.4 Å². The van der Waals surface area contributed by atoms with E-state index in [1.54, 1.807) is 19.3 Å². The lowest BCUT2D eigenvalue weighted by Gasteiger charge is -2.34. The van der Waals surface area contributed by atoms with Crippen molar-refractivity contribution in [1.29, 1.82) is 0 Å². The Morgan fingerprint density at radius 3 is 2.47 bits per heavy atom. The summed E-state index contributed by atoms with van der Waals surface area (Å²) in [5, 5.41) is 0. The molecule has 0 bridgehead atoms. The Morgan fingerprint density at radius 2 is 1.78 bits per heavy atom. The summed E-state index contributed by atoms with van der Waals surface area (Å²) in [5.41, 5.74) is 5.28. The summed E-state index contributed by atoms with van der Waals surface area (Å²) in [6.07, 6.45) is 5.02. The third kappa shape index (κ3) is 5.31. The van der Waals surface area contributed by atoms with Gasteiger partial charge in [0.05, 0.1) is 6.61 Å². The zero-order chi connectivity index (χ0) is 25.1. The number of piperazine rings is 1. The highest BCUT2D eigenvalue weighted by atomic mass is 19.1. The fourth-order valence-electron chi connectivity index (χ4n) is 5.07. The van der Waals surface area contributed by atoms with E-state index in [2.05, 4.69) is 9.88 Å². The third-order valence-electron chi connectivity index (χ3n) is 6.88. The van der Waals surface area contributed by atoms with Gasteiger partial charge in [-0.2, -0.15) is 0 Å². The van der Waals surface area contributed by atoms with Crippen LogP contribution in [-0.4, -0.2) is 60.0 Å². The van der Waals surface area contributed by atoms with Gasteiger partial charge in [-0.25, -0.2) is 8.78 Å². The van der Waals surface area contributed by atoms with Crippen LogP contribution in [0.3, 0.4) is 0 Å². The fourth-order valence-corrected chi connectivity index (χ4v) is 5.07. The number of halogens is 2. The molecule has 0 unspecified atom stereocenters. The number of nitrogens with zero attached hydrogens (tertiary/aromatic N) is 3. The van der Waals surface area contributed by atoms with Gasteiger partial charge in [0.15, 0.2) is 0 Å². The maximum atomic E-state index is 14.1. The van der Waals surface area contributed by atoms with Crippen LogP contribution in [0.4, 0.5) is 8.78 Å². The predicted molar refractivity (Wildman–Crippen MR) is 135 cm³/mol. The molecule has 0 atom stereocenters. The van der Waals surface area contributed by atoms with Crippen molar-refractivity contribution >= 4 is 17.1 Å². The van der Waals surface area contributed by atoms with Crippen molar-refractivity contribution in [3.63, 3.8) is 0 Å². The molecule has 3 aromatic rings. The van der Waals surface area contributed by atoms with Crippen LogP contribution in [0.5, 0.6) is 5.75 Å². The molecule has 0 radical (unpaired) electrons. The van der Waals surface area contributed by atoms with Gasteiger partial charge >= 0.3 is 0 Å². The Hall–Kier alpha value is -3.58. The van der Waals surface area contributed by atoms with E-state index in [1.807, 2.05) is 35.2 Å². The number of benzene rings is 2. The van der Waals surface area contributed by atoms with Crippen molar-refractivity contribution in [2.24, 2.45) is 0 Å². The van der Waals surface area contributed by atoms with Crippen molar-refractivity contribution in [3.8, 4) is 5.75 Å². The normalized spacial score (nSPS) is 15.8. The second-order valence-corrected chi connectivity index (χ2v) is 9.30. The van der Waals surface area contributed by atoms with Crippen LogP contribution < -0.4 is 4.74 Å². The quantitative estimate of drug-likeness (QED) is 0.447. The molecule has 1 aliphatic carbocycles. The standard InChI is InChI=1S/C29H29F2N3O2/c1-20(35)34-11-9-33(10-12-34)8-3-13-36-26-5-6-27-22(16-26)17-28(21-4-2-7-32-19-21)29(27)23-14-24(30)18-25(31)15-23/h2,4-7,14-16,18-19H,3,8-13,17H2,1H3. The molecule has 0 saturated carbocycles. The maximum absolute atomic E-state index is 14.1. The summed E-state index contributed by atoms with van der Waals surface area (Å²) in [7, 11) is 0. The molecule has 5 nitrogen and oxygen atoms in total. The molecule has 5 rings (SSSR count). The molecule has 36 heavy (non-hydrogen) atoms. The SMILES string of the molecule is CC(=O)N1CCN(CCCOc2ccc3c(c2)CC(c2cccnc2)=C3c2cc(F)cc(F)c2)CC1. The summed E-state index contributed by atoms with van der Waals surface area (Å²) in [4.78, 5) is 20.0. The van der Waals surface area contributed by atoms with Gasteiger partial charge < -0.3 is 9.64 Å². The smallest absolute Gasteiger partial charge is 0.219 e. The van der Waals surface area contributed by atoms with Crippen molar-refractivity contribution in [3.05, 3.63) is 94.8 Å². The van der Waals surface area contributed by atoms with E-state index < -0.39 is 11.6 Å². The first-order valence-electron chi connectivity index (χ1n) is 12.3. The zero-order valence-electron chi connectivity index (χ0n) is 20.3. The number of aromatic nitrogens is 1. The lowest BCUT2D eigenvalue weighted by molar-refractivity contribution is -0.130. The number of carbonyl (C=O) groups excluding carboxylic acids is 1. The number of allylic oxidation sites excluding steroid dienone is 1. The molecular weight excluding hydrogens is 460 g/mol. The molecule has 1 aliphatic heterocycles. The molecule has 7 heteroatoms. The first kappa shape index (κ1) is 24.1. The number of pyridine rings is 1. The van der Waals surface area contributed by atoms with Crippen LogP contribution >= 0.6 is 0 Å². The molecule has 2 aromatic carbocycles. The highest BCUT2D eigenvalue weighted by Gasteiger charge is 2.25. The van der Waals surface area contributed by atoms with Crippen molar-refractivity contribution in [1.82, 2.24) is 14.8 Å². The monoisotopic (exact) mass is 489 g/mol. The van der Waals surface area contributed by atoms with E-state index in [9.17, 15) is 13.6 Å². The Bertz CT molecular complexity index is 1260. The number of rotatable bonds is 7. The molecule has 1 fully saturated rings. The van der Waals surface area contributed by atoms with E-state index in [0.717, 1.165) is 78.8 Å². The van der Waals surface area contributed by atoms with Crippen LogP contribution in [0, 0.1) is 11.6 Å². The molecule has 0 spiro atoms. The highest BCUT2D eigenvalue weighted by Crippen LogP contribution is 2.43. The first-order valence-corrected chi connectivity index (χ1v) is 12.3. The largest absolute Gasteiger partial charge is 0.494 e. The van der Waals surface area contributed by atoms with Crippen LogP contribution in [0.2, 0.25) is 0 Å². The van der Waals surface area contributed by atoms with Crippen molar-refractivity contribution in [2.45, 2.75) is 19.8 Å². The Kier molecular flexibility index (Phi) is 7.09. The molecule has 1 amide bonds. The lowest BCUT2D eigenvalue weighted by Crippen LogP contribution is -2.48. The van der Waals surface area contributed by atoms with E-state index in [0.29, 0.717) is 18.6 Å². The summed E-state index contributed by atoms with van der Waals surface area (Å²) in [6, 6.07) is 13.4. The fraction of sp³-hybridized carbons (Fsp3) is 0.310. The van der Waals surface area contributed by atoms with E-state index in [4.69, 9.17) is 4.74 Å². The Balaban J connectivity index is 1.28. The first-order chi connectivity index (χ1) is 17.5. The second-order valence-electron chi connectivity index (χ2n) is 9.30. The number of hydrogen-bond acceptors (Lipinski definition) is 4. The van der Waals surface area contributed by atoms with Gasteiger partial charge in [0.2, 0.25) is 5.91 Å². The minimum atomic E-state index is -0.598. The minimum Gasteiger partial charge on any atom is -0.494 e. The summed E-state index contributed by atoms with van der Waals surface area (Å²) < 4.78 is 34.3. The van der Waals surface area contributed by atoms with Gasteiger partial charge in [0, 0.05) is 58.1 Å². The van der Waals surface area contributed by atoms with Gasteiger partial charge in [-0.05, 0) is 76.6 Å². The molecule has 1 saturated heterocycles. The lowest BCUT2D eigenvalue weighted by atomic mass is 9.95. The molecule has 2 aliphatic rings. The van der Waals surface area contributed by atoms with Crippen LogP contribution in [0.1, 0.15) is 35.6 Å². The van der Waals surface area contributed by atoms with Crippen molar-refractivity contribution < 1.29 is 18.3 Å². The minimum absolute atomic E-state index is 0.140. The highest BCUT2D eigenvalue weighted by molar-refractivity contribution is 6.03. The van der Waals surface area contributed by atoms with Crippen molar-refractivity contribution in [2.75, 3.05) is 39.3 Å². The Morgan fingerprint density at radius 1 is 1.00 bits per heavy atom. The van der Waals surface area contributed by atoms with Gasteiger partial charge in [-0.3, -0.25) is 14.7 Å². The molecule has 186 valence electrons. The molecule has 1 aromatic heterocycles. The van der Waals surface area contributed by atoms with E-state index in [-0.39, 0.29) is 5.91 Å². The Labute approximate surface area is 210 Å². The average molecular weight is 490 g/mol. The second kappa shape index (κ2) is 10.6. The summed E-state index contributed by atoms with van der Waals surface area (Å²) >= 11 is 0. The van der Waals surface area contributed by atoms with Gasteiger partial charge in [-0.15, -0.1) is 0 Å². The van der Waals surface area contributed by atoms with E-state index >= 15 is 0 Å². The van der Waals surface area contributed by atoms with Crippen LogP contribution in [0.15, 0.2) is 60.9 Å². The predicted octanol–water partition coefficient (Wildman–Crippen LogP) is 4.81. The zero-order valence-corrected chi connectivity index (χ0v) is 20.3. The molecule has 2 heterocycles. The summed E-state index contributed by atoms with van der Waals surface area (Å²) in [5.74, 6) is -0.271. The summed E-state index contributed by atoms with van der Waals surface area (Å²) in [6.45, 7) is 6.49. The number of fused-ring (bicyclic) bond motifs is 1. The van der Waals surface area contributed by atoms with E-state index in [1.165, 1.54) is 12.1 Å². The maximum Gasteiger partial charge on any atom is 0.219 e. The number of hydrogen-bond donors (Lipinski definition) is 0. The van der Waals surface area contributed by atoms with Crippen LogP contribution in [-0.2, 0) is 11.2 Å². The number of ether oxygens (including phenoxy) is 1. The van der Waals surface area contributed by atoms with Crippen LogP contribution in [0.25, 0.3) is 11.1 Å². The number of amides is 1. The third-order valence-corrected chi connectivity index (χ3v) is 6.88. The molecule has 0 N–H and O–H groups in total. The van der Waals surface area contributed by atoms with Gasteiger partial charge in [-0.1, -0.05) is 12.1 Å². The number of carbonyl (C=O) groups is 1.